The lowest BCUT2D eigenvalue weighted by molar-refractivity contribution is -0.274. The van der Waals surface area contributed by atoms with Gasteiger partial charge in [0.05, 0.1) is 18.4 Å². The van der Waals surface area contributed by atoms with E-state index in [1.54, 1.807) is 54.6 Å². The Hall–Kier alpha value is -4.27. The van der Waals surface area contributed by atoms with Crippen LogP contribution in [0, 0.1) is 0 Å². The van der Waals surface area contributed by atoms with Crippen molar-refractivity contribution in [1.29, 1.82) is 0 Å². The van der Waals surface area contributed by atoms with Gasteiger partial charge in [-0.25, -0.2) is 4.90 Å². The molecule has 0 bridgehead atoms. The Kier molecular flexibility index (Phi) is 5.78. The first-order chi connectivity index (χ1) is 15.8. The van der Waals surface area contributed by atoms with Crippen LogP contribution in [0.25, 0.3) is 5.57 Å². The molecule has 1 N–H and O–H groups in total. The van der Waals surface area contributed by atoms with Gasteiger partial charge < -0.3 is 14.8 Å². The highest BCUT2D eigenvalue weighted by Gasteiger charge is 2.40. The van der Waals surface area contributed by atoms with Gasteiger partial charge in [-0.1, -0.05) is 36.4 Å². The van der Waals surface area contributed by atoms with Crippen molar-refractivity contribution in [2.75, 3.05) is 17.3 Å². The largest absolute Gasteiger partial charge is 0.573 e. The molecule has 0 radical (unpaired) electrons. The number of hydrogen-bond donors (Lipinski definition) is 1. The van der Waals surface area contributed by atoms with Crippen molar-refractivity contribution in [3.8, 4) is 11.5 Å². The van der Waals surface area contributed by atoms with Gasteiger partial charge in [0.15, 0.2) is 0 Å². The molecule has 33 heavy (non-hydrogen) atoms. The zero-order valence-corrected chi connectivity index (χ0v) is 17.2. The van der Waals surface area contributed by atoms with Crippen molar-refractivity contribution in [1.82, 2.24) is 0 Å². The lowest BCUT2D eigenvalue weighted by atomic mass is 10.0. The predicted octanol–water partition coefficient (Wildman–Crippen LogP) is 4.99. The van der Waals surface area contributed by atoms with Gasteiger partial charge in [0.25, 0.3) is 11.8 Å². The summed E-state index contributed by atoms with van der Waals surface area (Å²) in [5.41, 5.74) is 0.961. The molecule has 1 aliphatic rings. The number of rotatable bonds is 6. The summed E-state index contributed by atoms with van der Waals surface area (Å²) in [5, 5.41) is 2.81. The van der Waals surface area contributed by atoms with Crippen molar-refractivity contribution in [3.63, 3.8) is 0 Å². The lowest BCUT2D eigenvalue weighted by Crippen LogP contribution is -2.32. The van der Waals surface area contributed by atoms with E-state index in [0.29, 0.717) is 17.0 Å². The van der Waals surface area contributed by atoms with Gasteiger partial charge in [0, 0.05) is 11.8 Å². The molecule has 0 spiro atoms. The average molecular weight is 454 g/mol. The third kappa shape index (κ3) is 4.67. The third-order valence-corrected chi connectivity index (χ3v) is 4.81. The number of para-hydroxylation sites is 1. The van der Waals surface area contributed by atoms with Gasteiger partial charge in [-0.2, -0.15) is 0 Å². The summed E-state index contributed by atoms with van der Waals surface area (Å²) in [4.78, 5) is 27.6. The summed E-state index contributed by atoms with van der Waals surface area (Å²) in [5.74, 6) is -1.11. The summed E-state index contributed by atoms with van der Waals surface area (Å²) in [6, 6.07) is 19.9. The number of anilines is 2. The van der Waals surface area contributed by atoms with Crippen LogP contribution in [0.15, 0.2) is 84.6 Å². The topological polar surface area (TPSA) is 67.9 Å². The maximum Gasteiger partial charge on any atom is 0.573 e. The van der Waals surface area contributed by atoms with Gasteiger partial charge in [-0.3, -0.25) is 9.59 Å². The normalized spacial score (nSPS) is 14.0. The molecule has 3 aromatic rings. The first-order valence-corrected chi connectivity index (χ1v) is 9.72. The number of amides is 2. The van der Waals surface area contributed by atoms with Crippen LogP contribution in [-0.2, 0) is 9.59 Å². The van der Waals surface area contributed by atoms with E-state index in [1.807, 2.05) is 0 Å². The second kappa shape index (κ2) is 8.70. The Labute approximate surface area is 186 Å². The molecule has 4 rings (SSSR count). The number of halogens is 3. The summed E-state index contributed by atoms with van der Waals surface area (Å²) in [7, 11) is 1.50. The molecule has 0 fully saturated rings. The molecule has 0 unspecified atom stereocenters. The van der Waals surface area contributed by atoms with E-state index >= 15 is 0 Å². The minimum atomic E-state index is -4.87. The Bertz CT molecular complexity index is 1220. The zero-order chi connectivity index (χ0) is 23.6. The van der Waals surface area contributed by atoms with E-state index in [2.05, 4.69) is 10.1 Å². The highest BCUT2D eigenvalue weighted by Crippen LogP contribution is 2.35. The molecule has 6 nitrogen and oxygen atoms in total. The number of alkyl halides is 3. The van der Waals surface area contributed by atoms with Gasteiger partial charge in [0.1, 0.15) is 17.2 Å². The van der Waals surface area contributed by atoms with Crippen LogP contribution in [0.1, 0.15) is 5.56 Å². The minimum absolute atomic E-state index is 0.0711. The van der Waals surface area contributed by atoms with E-state index < -0.39 is 23.9 Å². The molecule has 1 heterocycles. The molecule has 3 aromatic carbocycles. The molecule has 0 aromatic heterocycles. The van der Waals surface area contributed by atoms with Crippen LogP contribution in [0.2, 0.25) is 0 Å². The Balaban J connectivity index is 1.76. The van der Waals surface area contributed by atoms with Gasteiger partial charge in [-0.05, 0) is 42.0 Å². The second-order valence-corrected chi connectivity index (χ2v) is 6.96. The Morgan fingerprint density at radius 1 is 0.818 bits per heavy atom. The van der Waals surface area contributed by atoms with E-state index in [-0.39, 0.29) is 17.0 Å². The van der Waals surface area contributed by atoms with Crippen LogP contribution < -0.4 is 19.7 Å². The van der Waals surface area contributed by atoms with E-state index in [9.17, 15) is 22.8 Å². The van der Waals surface area contributed by atoms with Gasteiger partial charge in [-0.15, -0.1) is 13.2 Å². The first kappa shape index (κ1) is 21.9. The summed E-state index contributed by atoms with van der Waals surface area (Å²) in [6.07, 6.45) is -4.87. The molecule has 0 aliphatic carbocycles. The van der Waals surface area contributed by atoms with Gasteiger partial charge >= 0.3 is 6.36 Å². The molecular weight excluding hydrogens is 437 g/mol. The van der Waals surface area contributed by atoms with Crippen LogP contribution >= 0.6 is 0 Å². The standard InChI is InChI=1S/C24H17F3N2O4/c1-32-18-12-10-15(11-13-18)20-21(23(31)29(22(20)30)17-7-3-2-4-8-17)28-16-6-5-9-19(14-16)33-24(25,26)27/h2-14,28H,1H3. The van der Waals surface area contributed by atoms with Gasteiger partial charge in [0.2, 0.25) is 0 Å². The van der Waals surface area contributed by atoms with Crippen LogP contribution in [-0.4, -0.2) is 25.3 Å². The SMILES string of the molecule is COc1ccc(C2=C(Nc3cccc(OC(F)(F)F)c3)C(=O)N(c3ccccc3)C2=O)cc1. The molecule has 0 atom stereocenters. The number of carbonyl (C=O) groups is 2. The van der Waals surface area contributed by atoms with Crippen molar-refractivity contribution in [2.45, 2.75) is 6.36 Å². The fraction of sp³-hybridized carbons (Fsp3) is 0.0833. The highest BCUT2D eigenvalue weighted by molar-refractivity contribution is 6.46. The molecular formula is C24H17F3N2O4. The maximum absolute atomic E-state index is 13.3. The number of benzene rings is 3. The first-order valence-electron chi connectivity index (χ1n) is 9.72. The zero-order valence-electron chi connectivity index (χ0n) is 17.2. The number of nitrogens with one attached hydrogen (secondary N) is 1. The minimum Gasteiger partial charge on any atom is -0.497 e. The number of carbonyl (C=O) groups excluding carboxylic acids is 2. The highest BCUT2D eigenvalue weighted by atomic mass is 19.4. The Morgan fingerprint density at radius 2 is 1.52 bits per heavy atom. The van der Waals surface area contributed by atoms with Crippen LogP contribution in [0.5, 0.6) is 11.5 Å². The lowest BCUT2D eigenvalue weighted by Gasteiger charge is -2.15. The molecule has 168 valence electrons. The number of ether oxygens (including phenoxy) is 2. The van der Waals surface area contributed by atoms with E-state index in [0.717, 1.165) is 17.0 Å². The number of methoxy groups -OCH3 is 1. The van der Waals surface area contributed by atoms with Crippen LogP contribution in [0.4, 0.5) is 24.5 Å². The Morgan fingerprint density at radius 3 is 2.15 bits per heavy atom. The summed E-state index contributed by atoms with van der Waals surface area (Å²) in [6.45, 7) is 0. The number of imide groups is 1. The average Bonchev–Trinajstić information content (AvgIpc) is 3.03. The van der Waals surface area contributed by atoms with E-state index in [1.165, 1.54) is 19.2 Å². The van der Waals surface area contributed by atoms with Crippen molar-refractivity contribution in [3.05, 3.63) is 90.1 Å². The molecule has 2 amide bonds. The maximum atomic E-state index is 13.3. The predicted molar refractivity (Wildman–Crippen MR) is 116 cm³/mol. The van der Waals surface area contributed by atoms with Crippen molar-refractivity contribution >= 4 is 28.8 Å². The van der Waals surface area contributed by atoms with Crippen molar-refractivity contribution in [2.24, 2.45) is 0 Å². The van der Waals surface area contributed by atoms with Crippen molar-refractivity contribution < 1.29 is 32.2 Å². The third-order valence-electron chi connectivity index (χ3n) is 4.81. The second-order valence-electron chi connectivity index (χ2n) is 6.96. The number of hydrogen-bond acceptors (Lipinski definition) is 5. The molecule has 1 aliphatic heterocycles. The fourth-order valence-corrected chi connectivity index (χ4v) is 3.40. The monoisotopic (exact) mass is 454 g/mol. The number of nitrogens with zero attached hydrogens (tertiary/aromatic N) is 1. The molecule has 9 heteroatoms. The molecule has 0 saturated heterocycles. The summed E-state index contributed by atoms with van der Waals surface area (Å²) >= 11 is 0. The van der Waals surface area contributed by atoms with E-state index in [4.69, 9.17) is 4.74 Å². The fourth-order valence-electron chi connectivity index (χ4n) is 3.40. The quantitative estimate of drug-likeness (QED) is 0.532. The van der Waals surface area contributed by atoms with Crippen LogP contribution in [0.3, 0.4) is 0 Å². The smallest absolute Gasteiger partial charge is 0.497 e. The molecule has 0 saturated carbocycles. The summed E-state index contributed by atoms with van der Waals surface area (Å²) < 4.78 is 46.9.